The Morgan fingerprint density at radius 2 is 1.83 bits per heavy atom. The highest BCUT2D eigenvalue weighted by Crippen LogP contribution is 2.35. The Hall–Kier alpha value is -2.48. The molecule has 1 saturated heterocycles. The van der Waals surface area contributed by atoms with Crippen LogP contribution in [0.3, 0.4) is 0 Å². The molecule has 0 spiro atoms. The number of likely N-dealkylation sites (N-methyl/N-ethyl adjacent to an activating group) is 1. The van der Waals surface area contributed by atoms with Gasteiger partial charge >= 0.3 is 6.16 Å². The number of ether oxygens (including phenoxy) is 1. The van der Waals surface area contributed by atoms with E-state index < -0.39 is 35.2 Å². The molecule has 160 valence electrons. The summed E-state index contributed by atoms with van der Waals surface area (Å²) in [6, 6.07) is 2.99. The number of carbonyl (C=O) groups is 3. The van der Waals surface area contributed by atoms with Crippen LogP contribution in [0.5, 0.6) is 0 Å². The monoisotopic (exact) mass is 408 g/mol. The van der Waals surface area contributed by atoms with Gasteiger partial charge in [-0.2, -0.15) is 0 Å². The third-order valence-electron chi connectivity index (χ3n) is 4.51. The number of hydroxylamine groups is 2. The molecule has 1 amide bonds. The Bertz CT molecular complexity index is 797. The lowest BCUT2D eigenvalue weighted by molar-refractivity contribution is -0.200. The third-order valence-corrected chi connectivity index (χ3v) is 4.51. The van der Waals surface area contributed by atoms with Crippen LogP contribution < -0.4 is 0 Å². The summed E-state index contributed by atoms with van der Waals surface area (Å²) in [5.41, 5.74) is -0.755. The molecule has 1 aromatic rings. The van der Waals surface area contributed by atoms with Crippen molar-refractivity contribution >= 4 is 18.3 Å². The van der Waals surface area contributed by atoms with Crippen molar-refractivity contribution < 1.29 is 28.3 Å². The molecule has 8 heteroatoms. The van der Waals surface area contributed by atoms with Gasteiger partial charge in [0.25, 0.3) is 0 Å². The van der Waals surface area contributed by atoms with E-state index in [9.17, 15) is 18.8 Å². The van der Waals surface area contributed by atoms with Crippen molar-refractivity contribution in [2.24, 2.45) is 5.41 Å². The first kappa shape index (κ1) is 22.8. The van der Waals surface area contributed by atoms with Gasteiger partial charge in [-0.25, -0.2) is 9.18 Å². The number of amides is 1. The highest BCUT2D eigenvalue weighted by atomic mass is 19.1. The van der Waals surface area contributed by atoms with Crippen molar-refractivity contribution in [3.63, 3.8) is 0 Å². The SMILES string of the molecule is CN1C(=O)[C@H](Cc2cc(C=O)ccc2F)N(OC(=O)OC(C)(C)C)[C@H]1C(C)(C)C. The third kappa shape index (κ3) is 5.32. The van der Waals surface area contributed by atoms with Crippen LogP contribution >= 0.6 is 0 Å². The number of benzene rings is 1. The lowest BCUT2D eigenvalue weighted by Crippen LogP contribution is -2.49. The second kappa shape index (κ2) is 8.10. The van der Waals surface area contributed by atoms with Gasteiger partial charge in [-0.1, -0.05) is 20.8 Å². The number of carbonyl (C=O) groups excluding carboxylic acids is 3. The highest BCUT2D eigenvalue weighted by molar-refractivity contribution is 5.84. The van der Waals surface area contributed by atoms with Crippen LogP contribution in [-0.4, -0.2) is 53.2 Å². The van der Waals surface area contributed by atoms with Gasteiger partial charge in [0.2, 0.25) is 5.91 Å². The van der Waals surface area contributed by atoms with Crippen molar-refractivity contribution in [1.29, 1.82) is 0 Å². The lowest BCUT2D eigenvalue weighted by Gasteiger charge is -2.37. The Labute approximate surface area is 170 Å². The molecule has 0 aliphatic carbocycles. The molecule has 7 nitrogen and oxygen atoms in total. The fraction of sp³-hybridized carbons (Fsp3) is 0.571. The number of rotatable bonds is 4. The maximum Gasteiger partial charge on any atom is 0.528 e. The van der Waals surface area contributed by atoms with Gasteiger partial charge in [-0.05, 0) is 49.9 Å². The molecule has 1 fully saturated rings. The predicted molar refractivity (Wildman–Crippen MR) is 104 cm³/mol. The highest BCUT2D eigenvalue weighted by Gasteiger charge is 2.52. The normalized spacial score (nSPS) is 20.7. The minimum absolute atomic E-state index is 0.0634. The summed E-state index contributed by atoms with van der Waals surface area (Å²) in [5.74, 6) is -0.855. The lowest BCUT2D eigenvalue weighted by atomic mass is 9.92. The molecule has 2 rings (SSSR count). The molecule has 0 aromatic heterocycles. The maximum atomic E-state index is 14.3. The van der Waals surface area contributed by atoms with E-state index in [-0.39, 0.29) is 17.9 Å². The molecular weight excluding hydrogens is 379 g/mol. The fourth-order valence-electron chi connectivity index (χ4n) is 3.45. The van der Waals surface area contributed by atoms with Crippen LogP contribution in [0.25, 0.3) is 0 Å². The molecule has 1 aromatic carbocycles. The second-order valence-corrected chi connectivity index (χ2v) is 9.29. The Morgan fingerprint density at radius 1 is 1.21 bits per heavy atom. The van der Waals surface area contributed by atoms with Gasteiger partial charge in [-0.15, -0.1) is 5.06 Å². The van der Waals surface area contributed by atoms with Crippen molar-refractivity contribution in [3.05, 3.63) is 35.1 Å². The topological polar surface area (TPSA) is 76.2 Å². The number of hydrogen-bond acceptors (Lipinski definition) is 6. The van der Waals surface area contributed by atoms with Gasteiger partial charge in [-0.3, -0.25) is 9.59 Å². The zero-order valence-electron chi connectivity index (χ0n) is 18.0. The van der Waals surface area contributed by atoms with Gasteiger partial charge in [0.1, 0.15) is 29.9 Å². The van der Waals surface area contributed by atoms with Crippen molar-refractivity contribution in [2.75, 3.05) is 7.05 Å². The van der Waals surface area contributed by atoms with E-state index in [1.54, 1.807) is 27.8 Å². The Balaban J connectivity index is 2.40. The molecule has 0 saturated carbocycles. The summed E-state index contributed by atoms with van der Waals surface area (Å²) < 4.78 is 19.6. The van der Waals surface area contributed by atoms with E-state index in [0.717, 1.165) is 0 Å². The van der Waals surface area contributed by atoms with Crippen LogP contribution in [0.1, 0.15) is 57.5 Å². The molecule has 1 aliphatic rings. The predicted octanol–water partition coefficient (Wildman–Crippen LogP) is 3.56. The quantitative estimate of drug-likeness (QED) is 0.560. The zero-order valence-corrected chi connectivity index (χ0v) is 18.0. The summed E-state index contributed by atoms with van der Waals surface area (Å²) in [7, 11) is 1.61. The van der Waals surface area contributed by atoms with Crippen LogP contribution in [-0.2, 0) is 20.8 Å². The van der Waals surface area contributed by atoms with Gasteiger partial charge in [0, 0.05) is 19.0 Å². The maximum absolute atomic E-state index is 14.3. The molecule has 1 aliphatic heterocycles. The summed E-state index contributed by atoms with van der Waals surface area (Å²) in [6.07, 6.45) is -0.975. The molecule has 29 heavy (non-hydrogen) atoms. The standard InChI is InChI=1S/C21H29FN2O5/c1-20(2,3)18-23(7)17(26)16(24(18)29-19(27)28-21(4,5)6)11-14-10-13(12-25)8-9-15(14)22/h8-10,12,16,18H,11H2,1-7H3/t16-,18-/m0/s1. The van der Waals surface area contributed by atoms with Gasteiger partial charge in [0.05, 0.1) is 0 Å². The molecular formula is C21H29FN2O5. The average molecular weight is 408 g/mol. The summed E-state index contributed by atoms with van der Waals surface area (Å²) in [6.45, 7) is 10.8. The molecule has 0 radical (unpaired) electrons. The zero-order chi connectivity index (χ0) is 22.1. The Morgan fingerprint density at radius 3 is 2.34 bits per heavy atom. The minimum atomic E-state index is -0.951. The van der Waals surface area contributed by atoms with E-state index in [4.69, 9.17) is 9.57 Å². The van der Waals surface area contributed by atoms with Crippen LogP contribution in [0.2, 0.25) is 0 Å². The molecule has 1 heterocycles. The first-order chi connectivity index (χ1) is 13.2. The number of hydrogen-bond donors (Lipinski definition) is 0. The smallest absolute Gasteiger partial charge is 0.427 e. The van der Waals surface area contributed by atoms with E-state index in [2.05, 4.69) is 0 Å². The number of nitrogens with zero attached hydrogens (tertiary/aromatic N) is 2. The minimum Gasteiger partial charge on any atom is -0.427 e. The molecule has 2 atom stereocenters. The van der Waals surface area contributed by atoms with Crippen molar-refractivity contribution in [1.82, 2.24) is 9.96 Å². The van der Waals surface area contributed by atoms with Gasteiger partial charge < -0.3 is 14.5 Å². The van der Waals surface area contributed by atoms with Crippen LogP contribution in [0.4, 0.5) is 9.18 Å². The fourth-order valence-corrected chi connectivity index (χ4v) is 3.45. The molecule has 0 bridgehead atoms. The van der Waals surface area contributed by atoms with E-state index in [1.165, 1.54) is 28.2 Å². The van der Waals surface area contributed by atoms with Crippen LogP contribution in [0, 0.1) is 11.2 Å². The van der Waals surface area contributed by atoms with Crippen LogP contribution in [0.15, 0.2) is 18.2 Å². The summed E-state index contributed by atoms with van der Waals surface area (Å²) >= 11 is 0. The first-order valence-corrected chi connectivity index (χ1v) is 9.44. The molecule has 0 unspecified atom stereocenters. The summed E-state index contributed by atoms with van der Waals surface area (Å²) in [4.78, 5) is 43.3. The van der Waals surface area contributed by atoms with Crippen molar-refractivity contribution in [3.8, 4) is 0 Å². The number of halogens is 1. The second-order valence-electron chi connectivity index (χ2n) is 9.29. The van der Waals surface area contributed by atoms with E-state index in [1.807, 2.05) is 20.8 Å². The van der Waals surface area contributed by atoms with E-state index >= 15 is 0 Å². The first-order valence-electron chi connectivity index (χ1n) is 9.44. The number of aldehydes is 1. The Kier molecular flexibility index (Phi) is 6.37. The van der Waals surface area contributed by atoms with Crippen molar-refractivity contribution in [2.45, 2.75) is 65.8 Å². The average Bonchev–Trinajstić information content (AvgIpc) is 2.79. The summed E-state index contributed by atoms with van der Waals surface area (Å²) in [5, 5.41) is 1.28. The van der Waals surface area contributed by atoms with E-state index in [0.29, 0.717) is 11.8 Å². The largest absolute Gasteiger partial charge is 0.528 e. The van der Waals surface area contributed by atoms with Gasteiger partial charge in [0.15, 0.2) is 0 Å². The molecule has 0 N–H and O–H groups in total.